The van der Waals surface area contributed by atoms with Crippen LogP contribution in [0.15, 0.2) is 41.5 Å². The molecule has 2 N–H and O–H groups in total. The van der Waals surface area contributed by atoms with E-state index in [1.165, 1.54) is 12.5 Å². The van der Waals surface area contributed by atoms with Gasteiger partial charge in [0.15, 0.2) is 0 Å². The number of aromatic hydroxyl groups is 1. The van der Waals surface area contributed by atoms with Gasteiger partial charge in [-0.3, -0.25) is 4.79 Å². The number of carbonyl (C=O) groups excluding carboxylic acids is 1. The van der Waals surface area contributed by atoms with Crippen LogP contribution < -0.4 is 5.43 Å². The van der Waals surface area contributed by atoms with Crippen LogP contribution in [0.25, 0.3) is 0 Å². The highest BCUT2D eigenvalue weighted by Crippen LogP contribution is 2.42. The number of para-hydroxylation sites is 1. The molecule has 98 valence electrons. The van der Waals surface area contributed by atoms with E-state index >= 15 is 0 Å². The molecule has 0 unspecified atom stereocenters. The lowest BCUT2D eigenvalue weighted by Crippen LogP contribution is -2.19. The molecule has 0 spiro atoms. The van der Waals surface area contributed by atoms with Gasteiger partial charge in [-0.15, -0.1) is 0 Å². The summed E-state index contributed by atoms with van der Waals surface area (Å²) in [5.41, 5.74) is 2.72. The zero-order valence-electron chi connectivity index (χ0n) is 10.5. The number of hydrogen-bond donors (Lipinski definition) is 2. The Kier molecular flexibility index (Phi) is 3.07. The van der Waals surface area contributed by atoms with Crippen molar-refractivity contribution in [3.8, 4) is 5.75 Å². The normalized spacial score (nSPS) is 28.1. The molecule has 0 radical (unpaired) electrons. The van der Waals surface area contributed by atoms with Gasteiger partial charge >= 0.3 is 0 Å². The Labute approximate surface area is 111 Å². The largest absolute Gasteiger partial charge is 0.507 e. The number of rotatable bonds is 3. The summed E-state index contributed by atoms with van der Waals surface area (Å²) in [5.74, 6) is 1.29. The maximum Gasteiger partial charge on any atom is 0.275 e. The topological polar surface area (TPSA) is 61.7 Å². The second-order valence-electron chi connectivity index (χ2n) is 5.18. The highest BCUT2D eigenvalue weighted by molar-refractivity contribution is 5.96. The third-order valence-electron chi connectivity index (χ3n) is 3.91. The van der Waals surface area contributed by atoms with Crippen molar-refractivity contribution in [2.24, 2.45) is 22.9 Å². The Morgan fingerprint density at radius 2 is 2.16 bits per heavy atom. The smallest absolute Gasteiger partial charge is 0.275 e. The summed E-state index contributed by atoms with van der Waals surface area (Å²) in [5, 5.41) is 13.6. The number of carbonyl (C=O) groups is 1. The first kappa shape index (κ1) is 12.0. The molecular weight excluding hydrogens is 240 g/mol. The lowest BCUT2D eigenvalue weighted by atomic mass is 9.95. The number of nitrogens with one attached hydrogen (secondary N) is 1. The fraction of sp³-hybridized carbons (Fsp3) is 0.333. The standard InChI is InChI=1S/C15H16N2O2/c18-14-4-2-1-3-13(14)15(19)17-16-9-12-8-10-5-6-11(12)7-10/h1-6,9-12,18H,7-8H2,(H,17,19)/b16-9-/t10-,11+,12-/m1/s1. The number of amides is 1. The second-order valence-corrected chi connectivity index (χ2v) is 5.18. The molecule has 1 aromatic carbocycles. The monoisotopic (exact) mass is 256 g/mol. The third kappa shape index (κ3) is 2.38. The minimum Gasteiger partial charge on any atom is -0.507 e. The van der Waals surface area contributed by atoms with Gasteiger partial charge in [0.05, 0.1) is 5.56 Å². The molecule has 4 nitrogen and oxygen atoms in total. The molecule has 1 aromatic rings. The van der Waals surface area contributed by atoms with E-state index in [-0.39, 0.29) is 17.2 Å². The molecule has 4 heteroatoms. The van der Waals surface area contributed by atoms with Crippen molar-refractivity contribution in [1.82, 2.24) is 5.43 Å². The van der Waals surface area contributed by atoms with Crippen molar-refractivity contribution < 1.29 is 9.90 Å². The first-order chi connectivity index (χ1) is 9.24. The molecule has 0 aliphatic heterocycles. The summed E-state index contributed by atoms with van der Waals surface area (Å²) in [6.45, 7) is 0. The maximum atomic E-state index is 11.8. The fourth-order valence-electron chi connectivity index (χ4n) is 2.91. The van der Waals surface area contributed by atoms with Crippen molar-refractivity contribution in [3.05, 3.63) is 42.0 Å². The average molecular weight is 256 g/mol. The van der Waals surface area contributed by atoms with E-state index < -0.39 is 0 Å². The van der Waals surface area contributed by atoms with Gasteiger partial charge in [-0.1, -0.05) is 24.3 Å². The van der Waals surface area contributed by atoms with Crippen LogP contribution in [0.3, 0.4) is 0 Å². The first-order valence-corrected chi connectivity index (χ1v) is 6.54. The molecule has 19 heavy (non-hydrogen) atoms. The number of benzene rings is 1. The van der Waals surface area contributed by atoms with Crippen LogP contribution in [-0.4, -0.2) is 17.2 Å². The van der Waals surface area contributed by atoms with E-state index in [2.05, 4.69) is 22.7 Å². The lowest BCUT2D eigenvalue weighted by molar-refractivity contribution is 0.0952. The minimum atomic E-state index is -0.381. The van der Waals surface area contributed by atoms with Crippen LogP contribution in [0, 0.1) is 17.8 Å². The number of fused-ring (bicyclic) bond motifs is 2. The fourth-order valence-corrected chi connectivity index (χ4v) is 2.91. The summed E-state index contributed by atoms with van der Waals surface area (Å²) in [6, 6.07) is 6.44. The van der Waals surface area contributed by atoms with Crippen molar-refractivity contribution >= 4 is 12.1 Å². The van der Waals surface area contributed by atoms with Gasteiger partial charge in [-0.05, 0) is 36.8 Å². The van der Waals surface area contributed by atoms with Crippen molar-refractivity contribution in [3.63, 3.8) is 0 Å². The Balaban J connectivity index is 1.59. The van der Waals surface area contributed by atoms with Crippen LogP contribution in [0.2, 0.25) is 0 Å². The van der Waals surface area contributed by atoms with Crippen molar-refractivity contribution in [1.29, 1.82) is 0 Å². The lowest BCUT2D eigenvalue weighted by Gasteiger charge is -2.12. The Hall–Kier alpha value is -2.10. The predicted molar refractivity (Wildman–Crippen MR) is 72.9 cm³/mol. The van der Waals surface area contributed by atoms with Gasteiger partial charge in [-0.2, -0.15) is 5.10 Å². The number of phenols is 1. The number of phenolic OH excluding ortho intramolecular Hbond substituents is 1. The predicted octanol–water partition coefficient (Wildman–Crippen LogP) is 2.32. The van der Waals surface area contributed by atoms with E-state index in [1.807, 2.05) is 6.21 Å². The van der Waals surface area contributed by atoms with Gasteiger partial charge in [0.2, 0.25) is 0 Å². The van der Waals surface area contributed by atoms with E-state index in [9.17, 15) is 9.90 Å². The van der Waals surface area contributed by atoms with Crippen LogP contribution >= 0.6 is 0 Å². The molecule has 0 saturated heterocycles. The number of hydrazone groups is 1. The van der Waals surface area contributed by atoms with Crippen molar-refractivity contribution in [2.75, 3.05) is 0 Å². The third-order valence-corrected chi connectivity index (χ3v) is 3.91. The Bertz CT molecular complexity index is 551. The van der Waals surface area contributed by atoms with Gasteiger partial charge < -0.3 is 5.11 Å². The molecule has 1 amide bonds. The van der Waals surface area contributed by atoms with Crippen LogP contribution in [0.1, 0.15) is 23.2 Å². The first-order valence-electron chi connectivity index (χ1n) is 6.54. The summed E-state index contributed by atoms with van der Waals surface area (Å²) in [4.78, 5) is 11.8. The summed E-state index contributed by atoms with van der Waals surface area (Å²) in [7, 11) is 0. The Morgan fingerprint density at radius 3 is 2.84 bits per heavy atom. The summed E-state index contributed by atoms with van der Waals surface area (Å²) < 4.78 is 0. The molecule has 3 rings (SSSR count). The molecular formula is C15H16N2O2. The average Bonchev–Trinajstić information content (AvgIpc) is 3.01. The molecule has 2 aliphatic carbocycles. The molecule has 3 atom stereocenters. The van der Waals surface area contributed by atoms with Gasteiger partial charge in [0, 0.05) is 12.1 Å². The van der Waals surface area contributed by atoms with Gasteiger partial charge in [-0.25, -0.2) is 5.43 Å². The Morgan fingerprint density at radius 1 is 1.32 bits per heavy atom. The van der Waals surface area contributed by atoms with Gasteiger partial charge in [0.25, 0.3) is 5.91 Å². The van der Waals surface area contributed by atoms with Crippen LogP contribution in [-0.2, 0) is 0 Å². The number of allylic oxidation sites excluding steroid dienone is 2. The number of hydrogen-bond acceptors (Lipinski definition) is 3. The molecule has 2 aliphatic rings. The van der Waals surface area contributed by atoms with E-state index in [0.717, 1.165) is 6.42 Å². The van der Waals surface area contributed by atoms with E-state index in [1.54, 1.807) is 18.2 Å². The highest BCUT2D eigenvalue weighted by atomic mass is 16.3. The van der Waals surface area contributed by atoms with Crippen LogP contribution in [0.4, 0.5) is 0 Å². The molecule has 2 bridgehead atoms. The van der Waals surface area contributed by atoms with Crippen LogP contribution in [0.5, 0.6) is 5.75 Å². The SMILES string of the molecule is O=C(N/N=C\[C@H]1C[C@@H]2C=C[C@H]1C2)c1ccccc1O. The number of nitrogens with zero attached hydrogens (tertiary/aromatic N) is 1. The minimum absolute atomic E-state index is 0.0296. The molecule has 1 fully saturated rings. The quantitative estimate of drug-likeness (QED) is 0.495. The molecule has 0 heterocycles. The second kappa shape index (κ2) is 4.88. The zero-order chi connectivity index (χ0) is 13.2. The molecule has 0 aromatic heterocycles. The highest BCUT2D eigenvalue weighted by Gasteiger charge is 2.34. The maximum absolute atomic E-state index is 11.8. The molecule has 1 saturated carbocycles. The van der Waals surface area contributed by atoms with E-state index in [0.29, 0.717) is 17.8 Å². The van der Waals surface area contributed by atoms with Gasteiger partial charge in [0.1, 0.15) is 5.75 Å². The van der Waals surface area contributed by atoms with Crippen molar-refractivity contribution in [2.45, 2.75) is 12.8 Å². The summed E-state index contributed by atoms with van der Waals surface area (Å²) >= 11 is 0. The summed E-state index contributed by atoms with van der Waals surface area (Å²) in [6.07, 6.45) is 8.68. The zero-order valence-corrected chi connectivity index (χ0v) is 10.5. The van der Waals surface area contributed by atoms with E-state index in [4.69, 9.17) is 0 Å².